The van der Waals surface area contributed by atoms with Gasteiger partial charge < -0.3 is 20.1 Å². The lowest BCUT2D eigenvalue weighted by molar-refractivity contribution is -0.129. The van der Waals surface area contributed by atoms with Crippen LogP contribution in [0.15, 0.2) is 11.1 Å². The van der Waals surface area contributed by atoms with Gasteiger partial charge in [-0.15, -0.1) is 0 Å². The fourth-order valence-electron chi connectivity index (χ4n) is 3.15. The van der Waals surface area contributed by atoms with Crippen LogP contribution in [0.25, 0.3) is 0 Å². The van der Waals surface area contributed by atoms with Crippen molar-refractivity contribution < 1.29 is 4.79 Å². The van der Waals surface area contributed by atoms with Gasteiger partial charge in [-0.2, -0.15) is 0 Å². The normalized spacial score (nSPS) is 16.4. The summed E-state index contributed by atoms with van der Waals surface area (Å²) in [5.41, 5.74) is 0.979. The third-order valence-electron chi connectivity index (χ3n) is 4.67. The number of carbonyl (C=O) groups excluding carboxylic acids is 1. The monoisotopic (exact) mass is 387 g/mol. The van der Waals surface area contributed by atoms with Gasteiger partial charge in [0.25, 0.3) is 0 Å². The summed E-state index contributed by atoms with van der Waals surface area (Å²) in [4.78, 5) is 18.1. The lowest BCUT2D eigenvalue weighted by atomic mass is 10.1. The molecule has 1 aliphatic heterocycles. The molecule has 0 radical (unpaired) electrons. The Labute approximate surface area is 159 Å². The maximum atomic E-state index is 11.9. The minimum atomic E-state index is 0.284. The van der Waals surface area contributed by atoms with E-state index in [0.717, 1.165) is 44.0 Å². The minimum absolute atomic E-state index is 0.284. The van der Waals surface area contributed by atoms with Crippen LogP contribution in [0.1, 0.15) is 38.3 Å². The molecule has 2 heterocycles. The summed E-state index contributed by atoms with van der Waals surface area (Å²) < 4.78 is 1.84. The van der Waals surface area contributed by atoms with E-state index in [1.54, 1.807) is 7.05 Å². The molecule has 1 unspecified atom stereocenters. The Hall–Kier alpha value is -1.40. The molecule has 1 saturated heterocycles. The summed E-state index contributed by atoms with van der Waals surface area (Å²) in [6, 6.07) is 2.14. The molecular formula is C17H27Cl2N5O. The third-order valence-corrected chi connectivity index (χ3v) is 5.51. The second-order valence-electron chi connectivity index (χ2n) is 6.23. The first-order valence-electron chi connectivity index (χ1n) is 8.71. The molecule has 6 nitrogen and oxygen atoms in total. The van der Waals surface area contributed by atoms with Crippen molar-refractivity contribution >= 4 is 35.1 Å². The molecule has 1 atom stereocenters. The van der Waals surface area contributed by atoms with Crippen molar-refractivity contribution in [3.63, 3.8) is 0 Å². The van der Waals surface area contributed by atoms with Crippen LogP contribution in [0.5, 0.6) is 0 Å². The molecule has 0 bridgehead atoms. The number of hydrogen-bond acceptors (Lipinski definition) is 2. The van der Waals surface area contributed by atoms with Crippen molar-refractivity contribution in [2.24, 2.45) is 12.0 Å². The molecule has 1 amide bonds. The molecule has 0 aliphatic carbocycles. The lowest BCUT2D eigenvalue weighted by Gasteiger charge is -2.27. The van der Waals surface area contributed by atoms with Gasteiger partial charge in [-0.05, 0) is 25.3 Å². The quantitative estimate of drug-likeness (QED) is 0.558. The summed E-state index contributed by atoms with van der Waals surface area (Å²) in [5, 5.41) is 7.64. The number of hydrogen-bond donors (Lipinski definition) is 2. The van der Waals surface area contributed by atoms with Gasteiger partial charge in [0.1, 0.15) is 5.15 Å². The van der Waals surface area contributed by atoms with Crippen LogP contribution >= 0.6 is 23.2 Å². The number of nitrogens with zero attached hydrogens (tertiary/aromatic N) is 3. The molecule has 25 heavy (non-hydrogen) atoms. The Bertz CT molecular complexity index is 629. The Balaban J connectivity index is 1.79. The topological polar surface area (TPSA) is 61.7 Å². The van der Waals surface area contributed by atoms with Gasteiger partial charge in [-0.3, -0.25) is 9.79 Å². The summed E-state index contributed by atoms with van der Waals surface area (Å²) in [6.07, 6.45) is 3.55. The predicted octanol–water partition coefficient (Wildman–Crippen LogP) is 2.79. The molecule has 2 rings (SSSR count). The van der Waals surface area contributed by atoms with E-state index in [0.29, 0.717) is 29.2 Å². The fourth-order valence-corrected chi connectivity index (χ4v) is 3.56. The van der Waals surface area contributed by atoms with Gasteiger partial charge in [0, 0.05) is 45.3 Å². The standard InChI is InChI=1S/C17H27Cl2N5O/c1-4-12(24-9-5-6-15(24)25)7-8-21-17(20-2)22-11-13-10-14(18)16(19)23(13)3/h10,12H,4-9,11H2,1-3H3,(H2,20,21,22). The van der Waals surface area contributed by atoms with Gasteiger partial charge in [0.2, 0.25) is 5.91 Å². The lowest BCUT2D eigenvalue weighted by Crippen LogP contribution is -2.41. The predicted molar refractivity (Wildman–Crippen MR) is 103 cm³/mol. The average Bonchev–Trinajstić information content (AvgIpc) is 3.13. The number of halogens is 2. The molecule has 2 N–H and O–H groups in total. The van der Waals surface area contributed by atoms with Crippen LogP contribution in [0.4, 0.5) is 0 Å². The van der Waals surface area contributed by atoms with Crippen molar-refractivity contribution in [1.29, 1.82) is 0 Å². The molecule has 0 saturated carbocycles. The number of amides is 1. The molecule has 1 aromatic rings. The van der Waals surface area contributed by atoms with E-state index in [4.69, 9.17) is 23.2 Å². The first-order valence-corrected chi connectivity index (χ1v) is 9.47. The number of guanidine groups is 1. The Morgan fingerprint density at radius 2 is 2.16 bits per heavy atom. The Morgan fingerprint density at radius 3 is 2.68 bits per heavy atom. The molecule has 8 heteroatoms. The van der Waals surface area contributed by atoms with Gasteiger partial charge in [-0.25, -0.2) is 0 Å². The first kappa shape index (κ1) is 19.9. The van der Waals surface area contributed by atoms with Crippen LogP contribution in [-0.2, 0) is 18.4 Å². The molecule has 1 aromatic heterocycles. The van der Waals surface area contributed by atoms with E-state index in [1.165, 1.54) is 0 Å². The molecule has 0 aromatic carbocycles. The molecule has 140 valence electrons. The SMILES string of the molecule is CCC(CCNC(=NC)NCc1cc(Cl)c(Cl)n1C)N1CCCC1=O. The third kappa shape index (κ3) is 5.05. The van der Waals surface area contributed by atoms with Crippen molar-refractivity contribution in [2.75, 3.05) is 20.1 Å². The fraction of sp³-hybridized carbons (Fsp3) is 0.647. The average molecular weight is 388 g/mol. The van der Waals surface area contributed by atoms with E-state index in [2.05, 4.69) is 22.5 Å². The molecule has 1 aliphatic rings. The van der Waals surface area contributed by atoms with E-state index in [1.807, 2.05) is 22.6 Å². The van der Waals surface area contributed by atoms with Crippen molar-refractivity contribution in [2.45, 2.75) is 45.2 Å². The van der Waals surface area contributed by atoms with Crippen molar-refractivity contribution in [3.05, 3.63) is 21.9 Å². The van der Waals surface area contributed by atoms with Crippen LogP contribution in [0, 0.1) is 0 Å². The maximum absolute atomic E-state index is 11.9. The van der Waals surface area contributed by atoms with E-state index >= 15 is 0 Å². The highest BCUT2D eigenvalue weighted by molar-refractivity contribution is 6.41. The number of nitrogens with one attached hydrogen (secondary N) is 2. The number of rotatable bonds is 7. The molecule has 1 fully saturated rings. The minimum Gasteiger partial charge on any atom is -0.356 e. The van der Waals surface area contributed by atoms with Gasteiger partial charge in [0.15, 0.2) is 5.96 Å². The van der Waals surface area contributed by atoms with Crippen molar-refractivity contribution in [3.8, 4) is 0 Å². The summed E-state index contributed by atoms with van der Waals surface area (Å²) in [7, 11) is 3.61. The van der Waals surface area contributed by atoms with Gasteiger partial charge in [-0.1, -0.05) is 30.1 Å². The first-order chi connectivity index (χ1) is 12.0. The van der Waals surface area contributed by atoms with E-state index in [-0.39, 0.29) is 5.91 Å². The van der Waals surface area contributed by atoms with Crippen LogP contribution < -0.4 is 10.6 Å². The second-order valence-corrected chi connectivity index (χ2v) is 6.99. The zero-order chi connectivity index (χ0) is 18.4. The smallest absolute Gasteiger partial charge is 0.222 e. The van der Waals surface area contributed by atoms with E-state index < -0.39 is 0 Å². The van der Waals surface area contributed by atoms with Crippen LogP contribution in [0.2, 0.25) is 10.2 Å². The van der Waals surface area contributed by atoms with Crippen LogP contribution in [0.3, 0.4) is 0 Å². The Kier molecular flexibility index (Phi) is 7.44. The second kappa shape index (κ2) is 9.34. The highest BCUT2D eigenvalue weighted by Gasteiger charge is 2.26. The summed E-state index contributed by atoms with van der Waals surface area (Å²) in [6.45, 7) is 4.35. The van der Waals surface area contributed by atoms with Gasteiger partial charge >= 0.3 is 0 Å². The zero-order valence-corrected chi connectivity index (χ0v) is 16.6. The largest absolute Gasteiger partial charge is 0.356 e. The van der Waals surface area contributed by atoms with Crippen molar-refractivity contribution in [1.82, 2.24) is 20.1 Å². The zero-order valence-electron chi connectivity index (χ0n) is 15.1. The number of aromatic nitrogens is 1. The molecular weight excluding hydrogens is 361 g/mol. The molecule has 0 spiro atoms. The number of aliphatic imine (C=N–C) groups is 1. The van der Waals surface area contributed by atoms with Crippen LogP contribution in [-0.4, -0.2) is 47.5 Å². The van der Waals surface area contributed by atoms with Gasteiger partial charge in [0.05, 0.1) is 11.6 Å². The maximum Gasteiger partial charge on any atom is 0.222 e. The highest BCUT2D eigenvalue weighted by Crippen LogP contribution is 2.24. The highest BCUT2D eigenvalue weighted by atomic mass is 35.5. The van der Waals surface area contributed by atoms with E-state index in [9.17, 15) is 4.79 Å². The summed E-state index contributed by atoms with van der Waals surface area (Å²) >= 11 is 12.1. The Morgan fingerprint density at radius 1 is 1.40 bits per heavy atom. The summed E-state index contributed by atoms with van der Waals surface area (Å²) in [5.74, 6) is 1.00. The number of carbonyl (C=O) groups is 1. The number of likely N-dealkylation sites (tertiary alicyclic amines) is 1.